The van der Waals surface area contributed by atoms with Gasteiger partial charge in [0.15, 0.2) is 0 Å². The Kier molecular flexibility index (Phi) is 5.98. The van der Waals surface area contributed by atoms with E-state index in [0.717, 1.165) is 0 Å². The molecule has 0 rings (SSSR count). The van der Waals surface area contributed by atoms with Crippen molar-refractivity contribution in [3.8, 4) is 0 Å². The fourth-order valence-corrected chi connectivity index (χ4v) is 0. The molecule has 0 radical (unpaired) electrons. The molecule has 0 amide bonds. The minimum atomic E-state index is -0.500. The van der Waals surface area contributed by atoms with Gasteiger partial charge in [0.05, 0.1) is 5.60 Å². The molecule has 1 nitrogen and oxygen atoms in total. The van der Waals surface area contributed by atoms with Gasteiger partial charge in [0.2, 0.25) is 0 Å². The molecular formula is C4H12OSr. The molecule has 0 aromatic heterocycles. The van der Waals surface area contributed by atoms with E-state index < -0.39 is 5.60 Å². The molecule has 0 aliphatic carbocycles. The number of hydrogen-bond acceptors (Lipinski definition) is 1. The van der Waals surface area contributed by atoms with Gasteiger partial charge in [-0.1, -0.05) is 0 Å². The van der Waals surface area contributed by atoms with Crippen molar-refractivity contribution in [2.24, 2.45) is 0 Å². The van der Waals surface area contributed by atoms with Crippen LogP contribution < -0.4 is 0 Å². The van der Waals surface area contributed by atoms with Crippen LogP contribution in [-0.4, -0.2) is 56.2 Å². The molecule has 0 aromatic carbocycles. The second kappa shape index (κ2) is 3.44. The monoisotopic (exact) mass is 164 g/mol. The Hall–Kier alpha value is 1.44. The van der Waals surface area contributed by atoms with Gasteiger partial charge in [-0.2, -0.15) is 0 Å². The maximum absolute atomic E-state index is 8.52. The topological polar surface area (TPSA) is 20.2 Å². The summed E-state index contributed by atoms with van der Waals surface area (Å²) in [5.41, 5.74) is -0.500. The summed E-state index contributed by atoms with van der Waals surface area (Å²) in [5.74, 6) is 0. The Morgan fingerprint density at radius 2 is 1.17 bits per heavy atom. The van der Waals surface area contributed by atoms with Crippen LogP contribution in [0.25, 0.3) is 0 Å². The number of aliphatic hydroxyl groups is 1. The fourth-order valence-electron chi connectivity index (χ4n) is 0. The standard InChI is InChI=1S/C4H10O.Sr.2H/c1-4(2,3)5;;;/h5H,1-3H3;;;. The molecule has 0 unspecified atom stereocenters. The van der Waals surface area contributed by atoms with Crippen molar-refractivity contribution in [1.82, 2.24) is 0 Å². The fraction of sp³-hybridized carbons (Fsp3) is 1.00. The van der Waals surface area contributed by atoms with Gasteiger partial charge in [-0.25, -0.2) is 0 Å². The predicted molar refractivity (Wildman–Crippen MR) is 30.5 cm³/mol. The van der Waals surface area contributed by atoms with Gasteiger partial charge in [-0.05, 0) is 20.8 Å². The van der Waals surface area contributed by atoms with Crippen LogP contribution in [-0.2, 0) is 0 Å². The second-order valence-corrected chi connectivity index (χ2v) is 2.17. The molecule has 6 heavy (non-hydrogen) atoms. The summed E-state index contributed by atoms with van der Waals surface area (Å²) in [4.78, 5) is 0. The van der Waals surface area contributed by atoms with Gasteiger partial charge < -0.3 is 5.11 Å². The Morgan fingerprint density at radius 3 is 1.17 bits per heavy atom. The van der Waals surface area contributed by atoms with Gasteiger partial charge in [-0.15, -0.1) is 0 Å². The molecule has 0 aliphatic rings. The van der Waals surface area contributed by atoms with Crippen LogP contribution in [0.1, 0.15) is 20.8 Å². The van der Waals surface area contributed by atoms with Crippen LogP contribution in [0.5, 0.6) is 0 Å². The van der Waals surface area contributed by atoms with Crippen molar-refractivity contribution in [2.75, 3.05) is 0 Å². The zero-order valence-corrected chi connectivity index (χ0v) is 3.95. The van der Waals surface area contributed by atoms with Crippen molar-refractivity contribution in [3.63, 3.8) is 0 Å². The molecule has 0 aromatic rings. The van der Waals surface area contributed by atoms with Gasteiger partial charge in [0.25, 0.3) is 0 Å². The number of rotatable bonds is 0. The van der Waals surface area contributed by atoms with Gasteiger partial charge in [0.1, 0.15) is 0 Å². The summed E-state index contributed by atoms with van der Waals surface area (Å²) in [5, 5.41) is 8.52. The Labute approximate surface area is 76.0 Å². The van der Waals surface area contributed by atoms with Gasteiger partial charge in [-0.3, -0.25) is 0 Å². The third kappa shape index (κ3) is 51.7. The molecule has 0 fully saturated rings. The van der Waals surface area contributed by atoms with Crippen molar-refractivity contribution >= 4 is 45.5 Å². The van der Waals surface area contributed by atoms with Crippen molar-refractivity contribution in [1.29, 1.82) is 0 Å². The second-order valence-electron chi connectivity index (χ2n) is 2.17. The third-order valence-corrected chi connectivity index (χ3v) is 0. The summed E-state index contributed by atoms with van der Waals surface area (Å²) >= 11 is 0. The van der Waals surface area contributed by atoms with Crippen molar-refractivity contribution < 1.29 is 5.11 Å². The maximum atomic E-state index is 8.52. The molecule has 0 saturated carbocycles. The Balaban J connectivity index is 0. The molecule has 0 saturated heterocycles. The summed E-state index contributed by atoms with van der Waals surface area (Å²) in [6.07, 6.45) is 0. The van der Waals surface area contributed by atoms with E-state index in [0.29, 0.717) is 0 Å². The minimum absolute atomic E-state index is 0. The average Bonchev–Trinajstić information content (AvgIpc) is 0.722. The van der Waals surface area contributed by atoms with E-state index in [4.69, 9.17) is 5.11 Å². The van der Waals surface area contributed by atoms with Crippen LogP contribution in [0.3, 0.4) is 0 Å². The van der Waals surface area contributed by atoms with E-state index in [-0.39, 0.29) is 45.5 Å². The van der Waals surface area contributed by atoms with E-state index in [9.17, 15) is 0 Å². The van der Waals surface area contributed by atoms with Crippen molar-refractivity contribution in [2.45, 2.75) is 26.4 Å². The first kappa shape index (κ1) is 10.4. The molecule has 2 heteroatoms. The van der Waals surface area contributed by atoms with Crippen LogP contribution in [0.15, 0.2) is 0 Å². The molecule has 0 bridgehead atoms. The SMILES string of the molecule is CC(C)(C)O.[SrH2]. The van der Waals surface area contributed by atoms with Crippen molar-refractivity contribution in [3.05, 3.63) is 0 Å². The van der Waals surface area contributed by atoms with E-state index in [1.54, 1.807) is 20.8 Å². The predicted octanol–water partition coefficient (Wildman–Crippen LogP) is -0.139. The van der Waals surface area contributed by atoms with E-state index in [1.165, 1.54) is 0 Å². The zero-order chi connectivity index (χ0) is 4.50. The quantitative estimate of drug-likeness (QED) is 0.494. The molecule has 0 aliphatic heterocycles. The van der Waals surface area contributed by atoms with E-state index in [2.05, 4.69) is 0 Å². The number of hydrogen-bond donors (Lipinski definition) is 1. The molecule has 1 N–H and O–H groups in total. The Bertz CT molecular complexity index is 23.0. The Morgan fingerprint density at radius 1 is 1.17 bits per heavy atom. The first-order chi connectivity index (χ1) is 2.00. The summed E-state index contributed by atoms with van der Waals surface area (Å²) in [7, 11) is 0. The first-order valence-corrected chi connectivity index (χ1v) is 1.72. The molecular weight excluding hydrogens is 152 g/mol. The summed E-state index contributed by atoms with van der Waals surface area (Å²) in [6.45, 7) is 5.23. The van der Waals surface area contributed by atoms with Crippen LogP contribution in [0.4, 0.5) is 0 Å². The first-order valence-electron chi connectivity index (χ1n) is 1.72. The normalized spacial score (nSPS) is 10.0. The molecule has 0 heterocycles. The van der Waals surface area contributed by atoms with E-state index >= 15 is 0 Å². The van der Waals surface area contributed by atoms with Crippen LogP contribution in [0.2, 0.25) is 0 Å². The van der Waals surface area contributed by atoms with Gasteiger partial charge >= 0.3 is 45.5 Å². The average molecular weight is 164 g/mol. The third-order valence-electron chi connectivity index (χ3n) is 0. The van der Waals surface area contributed by atoms with Gasteiger partial charge in [0, 0.05) is 0 Å². The summed E-state index contributed by atoms with van der Waals surface area (Å²) in [6, 6.07) is 0. The molecule has 36 valence electrons. The zero-order valence-electron chi connectivity index (χ0n) is 3.95. The van der Waals surface area contributed by atoms with Crippen LogP contribution >= 0.6 is 0 Å². The van der Waals surface area contributed by atoms with E-state index in [1.807, 2.05) is 0 Å². The molecule has 0 atom stereocenters. The molecule has 0 spiro atoms. The van der Waals surface area contributed by atoms with Crippen LogP contribution in [0, 0.1) is 0 Å². The summed E-state index contributed by atoms with van der Waals surface area (Å²) < 4.78 is 0.